The van der Waals surface area contributed by atoms with E-state index in [1.807, 2.05) is 0 Å². The van der Waals surface area contributed by atoms with E-state index in [9.17, 15) is 21.6 Å². The van der Waals surface area contributed by atoms with Crippen molar-refractivity contribution in [2.75, 3.05) is 35.4 Å². The van der Waals surface area contributed by atoms with Crippen molar-refractivity contribution in [3.8, 4) is 28.7 Å². The van der Waals surface area contributed by atoms with Crippen LogP contribution in [-0.2, 0) is 38.2 Å². The minimum Gasteiger partial charge on any atom is -0.497 e. The van der Waals surface area contributed by atoms with Gasteiger partial charge in [0.1, 0.15) is 34.9 Å². The zero-order chi connectivity index (χ0) is 32.0. The first-order chi connectivity index (χ1) is 20.7. The van der Waals surface area contributed by atoms with Crippen LogP contribution in [0.4, 0.5) is 13.2 Å². The fourth-order valence-corrected chi connectivity index (χ4v) is 5.05. The van der Waals surface area contributed by atoms with E-state index in [4.69, 9.17) is 14.2 Å². The molecular formula is C26H28F3N9O5S. The van der Waals surface area contributed by atoms with Crippen molar-refractivity contribution in [3.05, 3.63) is 66.1 Å². The Morgan fingerprint density at radius 2 is 1.66 bits per heavy atom. The largest absolute Gasteiger partial charge is 0.497 e. The van der Waals surface area contributed by atoms with Crippen molar-refractivity contribution in [2.45, 2.75) is 25.4 Å². The van der Waals surface area contributed by atoms with Crippen molar-refractivity contribution in [1.29, 1.82) is 0 Å². The van der Waals surface area contributed by atoms with Gasteiger partial charge in [-0.25, -0.2) is 28.6 Å². The van der Waals surface area contributed by atoms with E-state index in [1.165, 1.54) is 46.0 Å². The zero-order valence-corrected chi connectivity index (χ0v) is 25.3. The molecule has 0 bridgehead atoms. The molecular weight excluding hydrogens is 607 g/mol. The van der Waals surface area contributed by atoms with Crippen LogP contribution < -0.4 is 4.74 Å². The van der Waals surface area contributed by atoms with Gasteiger partial charge >= 0.3 is 16.4 Å². The molecule has 0 aliphatic heterocycles. The Labute approximate surface area is 249 Å². The van der Waals surface area contributed by atoms with Crippen molar-refractivity contribution in [3.63, 3.8) is 0 Å². The average molecular weight is 636 g/mol. The number of rotatable bonds is 10. The molecule has 4 heterocycles. The summed E-state index contributed by atoms with van der Waals surface area (Å²) in [5.41, 5.74) is 1.04. The summed E-state index contributed by atoms with van der Waals surface area (Å²) in [5, 5.41) is 3.76. The third-order valence-electron chi connectivity index (χ3n) is 6.90. The molecule has 18 heteroatoms. The van der Waals surface area contributed by atoms with Gasteiger partial charge in [0.2, 0.25) is 11.6 Å². The van der Waals surface area contributed by atoms with Gasteiger partial charge in [0, 0.05) is 34.5 Å². The fraction of sp³-hybridized carbons (Fsp3) is 0.346. The number of ether oxygens (including phenoxy) is 3. The number of alkyl halides is 3. The summed E-state index contributed by atoms with van der Waals surface area (Å²) in [6.45, 7) is 1.52. The van der Waals surface area contributed by atoms with Gasteiger partial charge in [-0.2, -0.15) is 25.9 Å². The van der Waals surface area contributed by atoms with E-state index < -0.39 is 28.0 Å². The molecule has 0 saturated carbocycles. The standard InChI is InChI=1S/C26H28F3N9O5S/c1-25(42-5,43-6)19-11-12-37-21(18-14-36(15-30-18)44(39,40)35(2)3)20(32-24(37)31-19)22-33-23(26(27,28)29)34-38(22)13-16-7-9-17(41-4)10-8-16/h7-12,14-15H,13H2,1-6H3. The average Bonchev–Trinajstić information content (AvgIpc) is 3.73. The lowest BCUT2D eigenvalue weighted by molar-refractivity contribution is -0.204. The number of aromatic nitrogens is 8. The number of methoxy groups -OCH3 is 3. The Balaban J connectivity index is 1.77. The number of halogens is 3. The number of hydrogen-bond donors (Lipinski definition) is 0. The van der Waals surface area contributed by atoms with Crippen LogP contribution >= 0.6 is 0 Å². The molecule has 0 N–H and O–H groups in total. The monoisotopic (exact) mass is 635 g/mol. The molecule has 234 valence electrons. The highest BCUT2D eigenvalue weighted by Crippen LogP contribution is 2.35. The van der Waals surface area contributed by atoms with Crippen molar-refractivity contribution in [2.24, 2.45) is 0 Å². The Hall–Kier alpha value is -4.39. The second-order valence-electron chi connectivity index (χ2n) is 9.79. The SMILES string of the molecule is COc1ccc(Cn2nc(C(F)(F)F)nc2-c2nc3nc(C(C)(OC)OC)ccn3c2-c2cn(S(=O)(=O)N(C)C)cn2)cc1. The van der Waals surface area contributed by atoms with Crippen LogP contribution in [0.15, 0.2) is 49.1 Å². The minimum absolute atomic E-state index is 0.0328. The molecule has 0 aliphatic carbocycles. The van der Waals surface area contributed by atoms with E-state index in [2.05, 4.69) is 25.0 Å². The highest BCUT2D eigenvalue weighted by molar-refractivity contribution is 7.87. The Bertz CT molecular complexity index is 1910. The van der Waals surface area contributed by atoms with Crippen molar-refractivity contribution >= 4 is 16.0 Å². The summed E-state index contributed by atoms with van der Waals surface area (Å²) in [4.78, 5) is 17.2. The molecule has 0 fully saturated rings. The summed E-state index contributed by atoms with van der Waals surface area (Å²) in [7, 11) is 3.09. The lowest BCUT2D eigenvalue weighted by Gasteiger charge is -2.25. The second-order valence-corrected chi connectivity index (χ2v) is 11.8. The van der Waals surface area contributed by atoms with Gasteiger partial charge in [-0.05, 0) is 30.7 Å². The Morgan fingerprint density at radius 3 is 2.25 bits per heavy atom. The van der Waals surface area contributed by atoms with E-state index in [-0.39, 0.29) is 35.2 Å². The molecule has 5 rings (SSSR count). The van der Waals surface area contributed by atoms with Gasteiger partial charge in [0.25, 0.3) is 5.82 Å². The molecule has 14 nitrogen and oxygen atoms in total. The number of nitrogens with zero attached hydrogens (tertiary/aromatic N) is 9. The van der Waals surface area contributed by atoms with Crippen molar-refractivity contribution < 1.29 is 35.8 Å². The molecule has 0 saturated heterocycles. The predicted molar refractivity (Wildman–Crippen MR) is 150 cm³/mol. The zero-order valence-electron chi connectivity index (χ0n) is 24.4. The van der Waals surface area contributed by atoms with Crippen molar-refractivity contribution in [1.82, 2.24) is 42.4 Å². The smallest absolute Gasteiger partial charge is 0.453 e. The number of fused-ring (bicyclic) bond motifs is 1. The molecule has 0 unspecified atom stereocenters. The van der Waals surface area contributed by atoms with Gasteiger partial charge in [0.15, 0.2) is 5.82 Å². The first kappa shape index (κ1) is 31.0. The van der Waals surface area contributed by atoms with Gasteiger partial charge < -0.3 is 14.2 Å². The van der Waals surface area contributed by atoms with Crippen LogP contribution in [0.25, 0.3) is 28.7 Å². The van der Waals surface area contributed by atoms with Crippen LogP contribution in [0, 0.1) is 0 Å². The predicted octanol–water partition coefficient (Wildman–Crippen LogP) is 3.05. The molecule has 44 heavy (non-hydrogen) atoms. The van der Waals surface area contributed by atoms with Gasteiger partial charge in [-0.1, -0.05) is 12.1 Å². The van der Waals surface area contributed by atoms with Crippen LogP contribution in [-0.4, -0.2) is 86.2 Å². The fourth-order valence-electron chi connectivity index (χ4n) is 4.27. The summed E-state index contributed by atoms with van der Waals surface area (Å²) < 4.78 is 87.9. The number of imidazole rings is 2. The molecule has 0 radical (unpaired) electrons. The lowest BCUT2D eigenvalue weighted by Crippen LogP contribution is -2.28. The van der Waals surface area contributed by atoms with Crippen LogP contribution in [0.2, 0.25) is 0 Å². The van der Waals surface area contributed by atoms with Crippen LogP contribution in [0.3, 0.4) is 0 Å². The minimum atomic E-state index is -4.87. The van der Waals surface area contributed by atoms with Crippen LogP contribution in [0.5, 0.6) is 5.75 Å². The highest BCUT2D eigenvalue weighted by atomic mass is 32.2. The molecule has 0 atom stereocenters. The molecule has 4 aromatic heterocycles. The maximum atomic E-state index is 13.9. The summed E-state index contributed by atoms with van der Waals surface area (Å²) in [6, 6.07) is 8.27. The quantitative estimate of drug-likeness (QED) is 0.210. The summed E-state index contributed by atoms with van der Waals surface area (Å²) in [6.07, 6.45) is -1.02. The van der Waals surface area contributed by atoms with E-state index in [0.29, 0.717) is 17.0 Å². The molecule has 0 spiro atoms. The topological polar surface area (TPSA) is 144 Å². The third-order valence-corrected chi connectivity index (χ3v) is 8.55. The molecule has 1 aromatic carbocycles. The van der Waals surface area contributed by atoms with Gasteiger partial charge in [-0.3, -0.25) is 4.40 Å². The van der Waals surface area contributed by atoms with Gasteiger partial charge in [-0.15, -0.1) is 5.10 Å². The Kier molecular flexibility index (Phi) is 7.95. The van der Waals surface area contributed by atoms with E-state index >= 15 is 0 Å². The van der Waals surface area contributed by atoms with E-state index in [1.54, 1.807) is 43.5 Å². The molecule has 0 amide bonds. The maximum absolute atomic E-state index is 13.9. The van der Waals surface area contributed by atoms with Gasteiger partial charge in [0.05, 0.1) is 19.9 Å². The summed E-state index contributed by atoms with van der Waals surface area (Å²) >= 11 is 0. The second kappa shape index (κ2) is 11.3. The maximum Gasteiger partial charge on any atom is 0.453 e. The molecule has 5 aromatic rings. The van der Waals surface area contributed by atoms with E-state index in [0.717, 1.165) is 19.3 Å². The normalized spacial score (nSPS) is 12.9. The first-order valence-electron chi connectivity index (χ1n) is 12.8. The highest BCUT2D eigenvalue weighted by Gasteiger charge is 2.38. The Morgan fingerprint density at radius 1 is 0.977 bits per heavy atom. The first-order valence-corrected chi connectivity index (χ1v) is 14.2. The third kappa shape index (κ3) is 5.51. The summed E-state index contributed by atoms with van der Waals surface area (Å²) in [5.74, 6) is -2.31. The molecule has 0 aliphatic rings. The number of hydrogen-bond acceptors (Lipinski definition) is 10. The lowest BCUT2D eigenvalue weighted by atomic mass is 10.2. The van der Waals surface area contributed by atoms with Crippen LogP contribution in [0.1, 0.15) is 24.0 Å². The number of benzene rings is 1.